The average Bonchev–Trinajstić information content (AvgIpc) is 2.72. The lowest BCUT2D eigenvalue weighted by molar-refractivity contribution is -0.384. The van der Waals surface area contributed by atoms with Gasteiger partial charge in [0.1, 0.15) is 6.20 Å². The molecular formula is C19H27N7O2. The van der Waals surface area contributed by atoms with Crippen molar-refractivity contribution in [2.75, 3.05) is 29.5 Å². The van der Waals surface area contributed by atoms with Crippen LogP contribution in [0.3, 0.4) is 0 Å². The van der Waals surface area contributed by atoms with E-state index in [-0.39, 0.29) is 17.5 Å². The van der Waals surface area contributed by atoms with Crippen LogP contribution in [-0.2, 0) is 6.54 Å². The number of nitrogens with two attached hydrogens (primary N) is 1. The highest BCUT2D eigenvalue weighted by Crippen LogP contribution is 2.26. The Morgan fingerprint density at radius 3 is 2.75 bits per heavy atom. The minimum Gasteiger partial charge on any atom is -0.388 e. The zero-order chi connectivity index (χ0) is 19.9. The number of hydrogen-bond donors (Lipinski definition) is 4. The van der Waals surface area contributed by atoms with Gasteiger partial charge in [0.05, 0.1) is 4.92 Å². The zero-order valence-corrected chi connectivity index (χ0v) is 16.0. The maximum absolute atomic E-state index is 11.3. The van der Waals surface area contributed by atoms with Crippen LogP contribution in [0.1, 0.15) is 31.2 Å². The van der Waals surface area contributed by atoms with Crippen LogP contribution in [0.15, 0.2) is 30.5 Å². The van der Waals surface area contributed by atoms with Gasteiger partial charge in [-0.3, -0.25) is 10.1 Å². The first-order valence-electron chi connectivity index (χ1n) is 9.56. The second-order valence-electron chi connectivity index (χ2n) is 7.15. The normalized spacial score (nSPS) is 19.1. The first-order valence-corrected chi connectivity index (χ1v) is 9.56. The molecule has 1 aromatic heterocycles. The topological polar surface area (TPSA) is 131 Å². The summed E-state index contributed by atoms with van der Waals surface area (Å²) in [5.74, 6) is 1.06. The lowest BCUT2D eigenvalue weighted by Gasteiger charge is -2.26. The molecule has 0 amide bonds. The predicted octanol–water partition coefficient (Wildman–Crippen LogP) is 2.97. The lowest BCUT2D eigenvalue weighted by atomic mass is 9.86. The van der Waals surface area contributed by atoms with Gasteiger partial charge in [-0.1, -0.05) is 12.1 Å². The van der Waals surface area contributed by atoms with Gasteiger partial charge in [0.2, 0.25) is 11.8 Å². The molecule has 0 radical (unpaired) electrons. The van der Waals surface area contributed by atoms with Crippen molar-refractivity contribution in [3.8, 4) is 0 Å². The number of nitrogens with zero attached hydrogens (tertiary/aromatic N) is 3. The summed E-state index contributed by atoms with van der Waals surface area (Å²) in [4.78, 5) is 19.3. The molecule has 1 saturated carbocycles. The number of rotatable bonds is 8. The van der Waals surface area contributed by atoms with Crippen molar-refractivity contribution >= 4 is 23.1 Å². The van der Waals surface area contributed by atoms with Crippen molar-refractivity contribution in [1.29, 1.82) is 0 Å². The standard InChI is InChI=1S/C19H27N7O2/c1-21-16-4-2-3-14(9-16)11-23-19-24-12-17(26(27)28)18(25-19)22-10-13-5-7-15(20)8-6-13/h2-4,9,12-13,15,21H,5-8,10-11,20H2,1H3,(H2,22,23,24,25). The number of benzene rings is 1. The fraction of sp³-hybridized carbons (Fsp3) is 0.474. The molecule has 0 bridgehead atoms. The molecule has 1 aliphatic carbocycles. The number of hydrogen-bond acceptors (Lipinski definition) is 8. The van der Waals surface area contributed by atoms with Crippen molar-refractivity contribution in [2.24, 2.45) is 11.7 Å². The third-order valence-corrected chi connectivity index (χ3v) is 5.08. The Kier molecular flexibility index (Phi) is 6.59. The SMILES string of the molecule is CNc1cccc(CNc2ncc([N+](=O)[O-])c(NCC3CCC(N)CC3)n2)c1. The fourth-order valence-electron chi connectivity index (χ4n) is 3.38. The molecule has 1 fully saturated rings. The zero-order valence-electron chi connectivity index (χ0n) is 16.0. The van der Waals surface area contributed by atoms with E-state index in [0.29, 0.717) is 25.0 Å². The lowest BCUT2D eigenvalue weighted by Crippen LogP contribution is -2.29. The van der Waals surface area contributed by atoms with Gasteiger partial charge in [0.25, 0.3) is 0 Å². The van der Waals surface area contributed by atoms with Gasteiger partial charge >= 0.3 is 5.69 Å². The number of nitro groups is 1. The highest BCUT2D eigenvalue weighted by atomic mass is 16.6. The van der Waals surface area contributed by atoms with E-state index in [1.807, 2.05) is 31.3 Å². The van der Waals surface area contributed by atoms with Crippen molar-refractivity contribution in [2.45, 2.75) is 38.3 Å². The molecule has 1 aromatic carbocycles. The van der Waals surface area contributed by atoms with E-state index in [1.54, 1.807) is 0 Å². The molecule has 9 heteroatoms. The Morgan fingerprint density at radius 2 is 2.04 bits per heavy atom. The second kappa shape index (κ2) is 9.32. The second-order valence-corrected chi connectivity index (χ2v) is 7.15. The van der Waals surface area contributed by atoms with Crippen molar-refractivity contribution in [1.82, 2.24) is 9.97 Å². The summed E-state index contributed by atoms with van der Waals surface area (Å²) < 4.78 is 0. The Hall–Kier alpha value is -2.94. The summed E-state index contributed by atoms with van der Waals surface area (Å²) in [6, 6.07) is 8.23. The molecule has 1 aliphatic rings. The summed E-state index contributed by atoms with van der Waals surface area (Å²) in [5.41, 5.74) is 7.90. The minimum atomic E-state index is -0.459. The van der Waals surface area contributed by atoms with Crippen LogP contribution >= 0.6 is 0 Å². The molecule has 0 atom stereocenters. The average molecular weight is 385 g/mol. The summed E-state index contributed by atoms with van der Waals surface area (Å²) in [5, 5.41) is 20.7. The van der Waals surface area contributed by atoms with Crippen LogP contribution in [-0.4, -0.2) is 34.5 Å². The van der Waals surface area contributed by atoms with Crippen LogP contribution in [0.5, 0.6) is 0 Å². The van der Waals surface area contributed by atoms with Crippen LogP contribution in [0.4, 0.5) is 23.1 Å². The third-order valence-electron chi connectivity index (χ3n) is 5.08. The van der Waals surface area contributed by atoms with E-state index in [0.717, 1.165) is 36.9 Å². The van der Waals surface area contributed by atoms with E-state index in [1.165, 1.54) is 6.20 Å². The Balaban J connectivity index is 1.65. The van der Waals surface area contributed by atoms with Gasteiger partial charge in [-0.15, -0.1) is 0 Å². The summed E-state index contributed by atoms with van der Waals surface area (Å²) in [7, 11) is 1.87. The fourth-order valence-corrected chi connectivity index (χ4v) is 3.38. The summed E-state index contributed by atoms with van der Waals surface area (Å²) >= 11 is 0. The first-order chi connectivity index (χ1) is 13.5. The monoisotopic (exact) mass is 385 g/mol. The van der Waals surface area contributed by atoms with Gasteiger partial charge in [-0.05, 0) is 49.3 Å². The largest absolute Gasteiger partial charge is 0.388 e. The molecule has 0 saturated heterocycles. The predicted molar refractivity (Wildman–Crippen MR) is 110 cm³/mol. The quantitative estimate of drug-likeness (QED) is 0.403. The van der Waals surface area contributed by atoms with Gasteiger partial charge in [-0.25, -0.2) is 4.98 Å². The maximum atomic E-state index is 11.3. The van der Waals surface area contributed by atoms with Crippen LogP contribution in [0, 0.1) is 16.0 Å². The molecule has 2 aromatic rings. The molecule has 1 heterocycles. The molecule has 150 valence electrons. The summed E-state index contributed by atoms with van der Waals surface area (Å²) in [6.45, 7) is 1.17. The van der Waals surface area contributed by atoms with Crippen LogP contribution in [0.2, 0.25) is 0 Å². The highest BCUT2D eigenvalue weighted by molar-refractivity contribution is 5.57. The third kappa shape index (κ3) is 5.29. The van der Waals surface area contributed by atoms with Crippen molar-refractivity contribution < 1.29 is 4.92 Å². The molecule has 0 spiro atoms. The van der Waals surface area contributed by atoms with E-state index < -0.39 is 4.92 Å². The molecule has 28 heavy (non-hydrogen) atoms. The van der Waals surface area contributed by atoms with Gasteiger partial charge in [0, 0.05) is 31.9 Å². The molecule has 5 N–H and O–H groups in total. The number of anilines is 3. The van der Waals surface area contributed by atoms with Crippen LogP contribution in [0.25, 0.3) is 0 Å². The molecular weight excluding hydrogens is 358 g/mol. The molecule has 0 aliphatic heterocycles. The van der Waals surface area contributed by atoms with E-state index in [4.69, 9.17) is 5.73 Å². The molecule has 0 unspecified atom stereocenters. The van der Waals surface area contributed by atoms with E-state index >= 15 is 0 Å². The summed E-state index contributed by atoms with van der Waals surface area (Å²) in [6.07, 6.45) is 5.30. The highest BCUT2D eigenvalue weighted by Gasteiger charge is 2.21. The van der Waals surface area contributed by atoms with Gasteiger partial charge in [-0.2, -0.15) is 4.98 Å². The minimum absolute atomic E-state index is 0.116. The maximum Gasteiger partial charge on any atom is 0.329 e. The Bertz CT molecular complexity index is 807. The van der Waals surface area contributed by atoms with E-state index in [2.05, 4.69) is 25.9 Å². The van der Waals surface area contributed by atoms with Gasteiger partial charge in [0.15, 0.2) is 0 Å². The molecule has 3 rings (SSSR count). The Morgan fingerprint density at radius 1 is 1.25 bits per heavy atom. The van der Waals surface area contributed by atoms with E-state index in [9.17, 15) is 10.1 Å². The Labute approximate surface area is 164 Å². The number of nitrogens with one attached hydrogen (secondary N) is 3. The van der Waals surface area contributed by atoms with Gasteiger partial charge < -0.3 is 21.7 Å². The van der Waals surface area contributed by atoms with Crippen LogP contribution < -0.4 is 21.7 Å². The van der Waals surface area contributed by atoms with Crippen molar-refractivity contribution in [3.05, 3.63) is 46.1 Å². The first kappa shape index (κ1) is 19.8. The van der Waals surface area contributed by atoms with Crippen molar-refractivity contribution in [3.63, 3.8) is 0 Å². The number of aromatic nitrogens is 2. The smallest absolute Gasteiger partial charge is 0.329 e. The molecule has 9 nitrogen and oxygen atoms in total.